The predicted octanol–water partition coefficient (Wildman–Crippen LogP) is 5.25. The molecule has 0 aliphatic heterocycles. The van der Waals surface area contributed by atoms with Crippen LogP contribution in [-0.2, 0) is 9.59 Å². The van der Waals surface area contributed by atoms with Crippen LogP contribution in [0.15, 0.2) is 60.7 Å². The molecule has 2 unspecified atom stereocenters. The van der Waals surface area contributed by atoms with Crippen LogP contribution in [0.2, 0.25) is 0 Å². The van der Waals surface area contributed by atoms with Crippen LogP contribution < -0.4 is 20.1 Å². The lowest BCUT2D eigenvalue weighted by Gasteiger charge is -2.46. The highest BCUT2D eigenvalue weighted by Crippen LogP contribution is 2.45. The molecule has 2 N–H and O–H groups in total. The number of amides is 2. The third-order valence-electron chi connectivity index (χ3n) is 6.57. The molecule has 2 aromatic carbocycles. The lowest BCUT2D eigenvalue weighted by Crippen LogP contribution is -2.50. The van der Waals surface area contributed by atoms with E-state index >= 15 is 0 Å². The van der Waals surface area contributed by atoms with Gasteiger partial charge in [-0.1, -0.05) is 45.0 Å². The molecular formula is C30H38N2O4. The smallest absolute Gasteiger partial charge is 0.244 e. The van der Waals surface area contributed by atoms with Crippen LogP contribution in [0.5, 0.6) is 11.5 Å². The summed E-state index contributed by atoms with van der Waals surface area (Å²) >= 11 is 0. The summed E-state index contributed by atoms with van der Waals surface area (Å²) in [5, 5.41) is 6.24. The molecule has 6 heteroatoms. The van der Waals surface area contributed by atoms with Crippen molar-refractivity contribution >= 4 is 24.0 Å². The molecule has 0 heterocycles. The maximum absolute atomic E-state index is 12.6. The number of hydrogen-bond acceptors (Lipinski definition) is 4. The van der Waals surface area contributed by atoms with Gasteiger partial charge in [0.15, 0.2) is 0 Å². The van der Waals surface area contributed by atoms with Crippen molar-refractivity contribution in [3.05, 3.63) is 71.8 Å². The van der Waals surface area contributed by atoms with Gasteiger partial charge < -0.3 is 20.1 Å². The van der Waals surface area contributed by atoms with Crippen LogP contribution >= 0.6 is 0 Å². The summed E-state index contributed by atoms with van der Waals surface area (Å²) in [6.45, 7) is 7.19. The second-order valence-corrected chi connectivity index (χ2v) is 10.7. The Bertz CT molecular complexity index is 1090. The summed E-state index contributed by atoms with van der Waals surface area (Å²) in [4.78, 5) is 25.1. The molecule has 2 atom stereocenters. The van der Waals surface area contributed by atoms with E-state index in [0.29, 0.717) is 6.54 Å². The van der Waals surface area contributed by atoms with E-state index in [1.165, 1.54) is 0 Å². The summed E-state index contributed by atoms with van der Waals surface area (Å²) in [5.41, 5.74) is 1.80. The van der Waals surface area contributed by atoms with Crippen LogP contribution in [-0.4, -0.2) is 38.6 Å². The summed E-state index contributed by atoms with van der Waals surface area (Å²) in [7, 11) is 3.25. The van der Waals surface area contributed by atoms with E-state index < -0.39 is 0 Å². The van der Waals surface area contributed by atoms with Gasteiger partial charge in [-0.05, 0) is 77.6 Å². The fourth-order valence-electron chi connectivity index (χ4n) is 5.25. The molecule has 36 heavy (non-hydrogen) atoms. The first-order valence-electron chi connectivity index (χ1n) is 12.3. The second-order valence-electron chi connectivity index (χ2n) is 10.7. The molecule has 1 aliphatic carbocycles. The van der Waals surface area contributed by atoms with Crippen molar-refractivity contribution in [1.82, 2.24) is 10.6 Å². The topological polar surface area (TPSA) is 76.7 Å². The Labute approximate surface area is 214 Å². The van der Waals surface area contributed by atoms with Gasteiger partial charge >= 0.3 is 0 Å². The van der Waals surface area contributed by atoms with E-state index in [4.69, 9.17) is 9.47 Å². The van der Waals surface area contributed by atoms with Crippen molar-refractivity contribution < 1.29 is 19.1 Å². The quantitative estimate of drug-likeness (QED) is 0.471. The Kier molecular flexibility index (Phi) is 8.97. The SMILES string of the molecule is COc1ccc(C=CC(=O)NCC2(C)CC(NC(=O)C=Cc3ccc(OC)cc3)CC(C)(C)C2)cc1. The number of rotatable bonds is 9. The summed E-state index contributed by atoms with van der Waals surface area (Å²) in [6, 6.07) is 15.1. The van der Waals surface area contributed by atoms with Crippen molar-refractivity contribution in [2.75, 3.05) is 20.8 Å². The highest BCUT2D eigenvalue weighted by atomic mass is 16.5. The fourth-order valence-corrected chi connectivity index (χ4v) is 5.25. The molecule has 0 aromatic heterocycles. The van der Waals surface area contributed by atoms with Crippen molar-refractivity contribution in [1.29, 1.82) is 0 Å². The molecule has 1 aliphatic rings. The molecular weight excluding hydrogens is 452 g/mol. The first kappa shape index (κ1) is 27.1. The molecule has 1 fully saturated rings. The number of carbonyl (C=O) groups excluding carboxylic acids is 2. The van der Waals surface area contributed by atoms with E-state index in [-0.39, 0.29) is 28.7 Å². The number of ether oxygens (including phenoxy) is 2. The maximum atomic E-state index is 12.6. The molecule has 3 rings (SSSR count). The third-order valence-corrected chi connectivity index (χ3v) is 6.57. The first-order chi connectivity index (χ1) is 17.1. The van der Waals surface area contributed by atoms with Gasteiger partial charge in [-0.3, -0.25) is 9.59 Å². The van der Waals surface area contributed by atoms with Gasteiger partial charge in [0.25, 0.3) is 0 Å². The molecule has 0 saturated heterocycles. The second kappa shape index (κ2) is 11.9. The van der Waals surface area contributed by atoms with Crippen LogP contribution in [0.3, 0.4) is 0 Å². The summed E-state index contributed by atoms with van der Waals surface area (Å²) in [5.74, 6) is 1.33. The van der Waals surface area contributed by atoms with E-state index in [1.807, 2.05) is 48.5 Å². The average Bonchev–Trinajstić information content (AvgIpc) is 2.84. The monoisotopic (exact) mass is 490 g/mol. The minimum Gasteiger partial charge on any atom is -0.497 e. The van der Waals surface area contributed by atoms with Crippen LogP contribution in [0.4, 0.5) is 0 Å². The highest BCUT2D eigenvalue weighted by molar-refractivity contribution is 5.92. The predicted molar refractivity (Wildman–Crippen MR) is 145 cm³/mol. The van der Waals surface area contributed by atoms with Gasteiger partial charge in [-0.2, -0.15) is 0 Å². The molecule has 0 spiro atoms. The number of nitrogens with one attached hydrogen (secondary N) is 2. The number of carbonyl (C=O) groups is 2. The number of benzene rings is 2. The Hall–Kier alpha value is -3.54. The largest absolute Gasteiger partial charge is 0.497 e. The van der Waals surface area contributed by atoms with Gasteiger partial charge in [0, 0.05) is 24.7 Å². The van der Waals surface area contributed by atoms with E-state index in [2.05, 4.69) is 31.4 Å². The van der Waals surface area contributed by atoms with E-state index in [9.17, 15) is 9.59 Å². The van der Waals surface area contributed by atoms with Crippen LogP contribution in [0.25, 0.3) is 12.2 Å². The number of hydrogen-bond donors (Lipinski definition) is 2. The number of methoxy groups -OCH3 is 2. The Morgan fingerprint density at radius 1 is 0.833 bits per heavy atom. The maximum Gasteiger partial charge on any atom is 0.244 e. The van der Waals surface area contributed by atoms with Crippen LogP contribution in [0, 0.1) is 10.8 Å². The van der Waals surface area contributed by atoms with E-state index in [1.54, 1.807) is 38.5 Å². The lowest BCUT2D eigenvalue weighted by atomic mass is 9.62. The molecule has 2 amide bonds. The van der Waals surface area contributed by atoms with E-state index in [0.717, 1.165) is 41.9 Å². The van der Waals surface area contributed by atoms with Gasteiger partial charge in [0.05, 0.1) is 14.2 Å². The fraction of sp³-hybridized carbons (Fsp3) is 0.400. The zero-order chi connectivity index (χ0) is 26.2. The van der Waals surface area contributed by atoms with Crippen molar-refractivity contribution in [2.45, 2.75) is 46.1 Å². The van der Waals surface area contributed by atoms with Crippen LogP contribution in [0.1, 0.15) is 51.2 Å². The molecule has 0 radical (unpaired) electrons. The summed E-state index contributed by atoms with van der Waals surface area (Å²) < 4.78 is 10.3. The normalized spacial score (nSPS) is 21.3. The molecule has 6 nitrogen and oxygen atoms in total. The zero-order valence-electron chi connectivity index (χ0n) is 22.0. The molecule has 0 bridgehead atoms. The Morgan fingerprint density at radius 3 is 1.83 bits per heavy atom. The average molecular weight is 491 g/mol. The van der Waals surface area contributed by atoms with Gasteiger partial charge in [-0.15, -0.1) is 0 Å². The lowest BCUT2D eigenvalue weighted by molar-refractivity contribution is -0.119. The Morgan fingerprint density at radius 2 is 1.33 bits per heavy atom. The Balaban J connectivity index is 1.55. The molecule has 1 saturated carbocycles. The zero-order valence-corrected chi connectivity index (χ0v) is 22.0. The highest BCUT2D eigenvalue weighted by Gasteiger charge is 2.41. The molecule has 192 valence electrons. The van der Waals surface area contributed by atoms with Crippen molar-refractivity contribution in [2.24, 2.45) is 10.8 Å². The third kappa shape index (κ3) is 8.29. The first-order valence-corrected chi connectivity index (χ1v) is 12.3. The minimum atomic E-state index is -0.126. The van der Waals surface area contributed by atoms with Crippen molar-refractivity contribution in [3.63, 3.8) is 0 Å². The van der Waals surface area contributed by atoms with Crippen molar-refractivity contribution in [3.8, 4) is 11.5 Å². The molecule has 2 aromatic rings. The van der Waals surface area contributed by atoms with Gasteiger partial charge in [-0.25, -0.2) is 0 Å². The van der Waals surface area contributed by atoms with Gasteiger partial charge in [0.2, 0.25) is 11.8 Å². The standard InChI is InChI=1S/C30H38N2O4/c1-29(2)18-24(32-28(34)17-11-23-8-14-26(36-5)15-9-23)19-30(3,20-29)21-31-27(33)16-10-22-6-12-25(35-4)13-7-22/h6-17,24H,18-21H2,1-5H3,(H,31,33)(H,32,34). The minimum absolute atomic E-state index is 0.0403. The summed E-state index contributed by atoms with van der Waals surface area (Å²) in [6.07, 6.45) is 9.40. The van der Waals surface area contributed by atoms with Gasteiger partial charge in [0.1, 0.15) is 11.5 Å².